The van der Waals surface area contributed by atoms with E-state index in [-0.39, 0.29) is 17.7 Å². The summed E-state index contributed by atoms with van der Waals surface area (Å²) in [6.45, 7) is 2.46. The molecule has 0 aromatic heterocycles. The van der Waals surface area contributed by atoms with E-state index in [0.29, 0.717) is 17.9 Å². The fraction of sp³-hybridized carbons (Fsp3) is 0.562. The van der Waals surface area contributed by atoms with Crippen molar-refractivity contribution in [1.82, 2.24) is 10.2 Å². The lowest BCUT2D eigenvalue weighted by Gasteiger charge is -2.16. The molecule has 0 spiro atoms. The quantitative estimate of drug-likeness (QED) is 0.922. The summed E-state index contributed by atoms with van der Waals surface area (Å²) in [6, 6.07) is 4.21. The molecule has 114 valence electrons. The Balaban J connectivity index is 1.63. The van der Waals surface area contributed by atoms with Crippen molar-refractivity contribution in [3.05, 3.63) is 35.4 Å². The van der Waals surface area contributed by atoms with Crippen molar-refractivity contribution >= 4 is 5.91 Å². The monoisotopic (exact) mass is 294 g/mol. The Morgan fingerprint density at radius 3 is 3.00 bits per heavy atom. The van der Waals surface area contributed by atoms with Crippen molar-refractivity contribution in [3.8, 4) is 0 Å². The summed E-state index contributed by atoms with van der Waals surface area (Å²) in [4.78, 5) is 14.3. The molecule has 1 saturated heterocycles. The van der Waals surface area contributed by atoms with Crippen molar-refractivity contribution in [2.24, 2.45) is 11.8 Å². The second-order valence-corrected chi connectivity index (χ2v) is 6.09. The van der Waals surface area contributed by atoms with Crippen LogP contribution in [-0.4, -0.2) is 37.5 Å². The van der Waals surface area contributed by atoms with Gasteiger partial charge in [0, 0.05) is 19.0 Å². The van der Waals surface area contributed by atoms with E-state index in [9.17, 15) is 13.6 Å². The maximum absolute atomic E-state index is 13.8. The van der Waals surface area contributed by atoms with Crippen LogP contribution in [0.15, 0.2) is 18.2 Å². The maximum Gasteiger partial charge on any atom is 0.226 e. The van der Waals surface area contributed by atoms with Gasteiger partial charge in [0.05, 0.1) is 0 Å². The molecule has 1 aromatic rings. The zero-order valence-electron chi connectivity index (χ0n) is 12.1. The van der Waals surface area contributed by atoms with E-state index in [4.69, 9.17) is 0 Å². The second-order valence-electron chi connectivity index (χ2n) is 6.09. The molecule has 0 unspecified atom stereocenters. The molecule has 2 aliphatic rings. The van der Waals surface area contributed by atoms with Crippen molar-refractivity contribution < 1.29 is 13.6 Å². The van der Waals surface area contributed by atoms with Crippen molar-refractivity contribution in [2.75, 3.05) is 26.7 Å². The smallest absolute Gasteiger partial charge is 0.226 e. The lowest BCUT2D eigenvalue weighted by Crippen LogP contribution is -2.31. The van der Waals surface area contributed by atoms with Crippen LogP contribution in [0.1, 0.15) is 24.3 Å². The van der Waals surface area contributed by atoms with E-state index in [2.05, 4.69) is 5.32 Å². The van der Waals surface area contributed by atoms with Crippen molar-refractivity contribution in [2.45, 2.75) is 18.8 Å². The zero-order valence-corrected chi connectivity index (χ0v) is 12.1. The van der Waals surface area contributed by atoms with Crippen LogP contribution in [-0.2, 0) is 4.79 Å². The van der Waals surface area contributed by atoms with Crippen LogP contribution in [0.2, 0.25) is 0 Å². The third-order valence-electron chi connectivity index (χ3n) is 4.58. The van der Waals surface area contributed by atoms with E-state index in [1.807, 2.05) is 11.9 Å². The van der Waals surface area contributed by atoms with Gasteiger partial charge in [0.1, 0.15) is 0 Å². The van der Waals surface area contributed by atoms with Gasteiger partial charge < -0.3 is 10.2 Å². The van der Waals surface area contributed by atoms with E-state index in [0.717, 1.165) is 32.1 Å². The summed E-state index contributed by atoms with van der Waals surface area (Å²) in [5, 5.41) is 3.13. The first-order valence-electron chi connectivity index (χ1n) is 7.49. The summed E-state index contributed by atoms with van der Waals surface area (Å²) in [5.74, 6) is -1.36. The number of hydrogen-bond donors (Lipinski definition) is 1. The molecule has 1 N–H and O–H groups in total. The zero-order chi connectivity index (χ0) is 15.0. The van der Waals surface area contributed by atoms with Crippen LogP contribution in [0, 0.1) is 23.5 Å². The summed E-state index contributed by atoms with van der Waals surface area (Å²) in [5.41, 5.74) is 0.347. The molecule has 1 aromatic carbocycles. The Labute approximate surface area is 123 Å². The van der Waals surface area contributed by atoms with Crippen LogP contribution in [0.25, 0.3) is 0 Å². The minimum atomic E-state index is -0.833. The number of nitrogens with one attached hydrogen (secondary N) is 1. The molecule has 0 radical (unpaired) electrons. The SMILES string of the molecule is CNC[C@@H]1CCN(C(=O)[C@H]2C[C@H]2c2cccc(F)c2F)C1. The summed E-state index contributed by atoms with van der Waals surface area (Å²) in [6.07, 6.45) is 1.64. The van der Waals surface area contributed by atoms with Crippen molar-refractivity contribution in [1.29, 1.82) is 0 Å². The van der Waals surface area contributed by atoms with Gasteiger partial charge in [-0.25, -0.2) is 8.78 Å². The van der Waals surface area contributed by atoms with E-state index in [1.54, 1.807) is 6.07 Å². The molecule has 2 fully saturated rings. The number of nitrogens with zero attached hydrogens (tertiary/aromatic N) is 1. The average molecular weight is 294 g/mol. The fourth-order valence-corrected chi connectivity index (χ4v) is 3.34. The second kappa shape index (κ2) is 5.72. The van der Waals surface area contributed by atoms with Gasteiger partial charge in [0.25, 0.3) is 0 Å². The van der Waals surface area contributed by atoms with Crippen LogP contribution in [0.4, 0.5) is 8.78 Å². The van der Waals surface area contributed by atoms with Gasteiger partial charge in [-0.3, -0.25) is 4.79 Å². The molecule has 21 heavy (non-hydrogen) atoms. The Bertz CT molecular complexity index is 549. The largest absolute Gasteiger partial charge is 0.342 e. The summed E-state index contributed by atoms with van der Waals surface area (Å²) in [7, 11) is 1.91. The molecule has 1 aliphatic heterocycles. The van der Waals surface area contributed by atoms with Crippen LogP contribution in [0.5, 0.6) is 0 Å². The number of rotatable bonds is 4. The number of halogens is 2. The van der Waals surface area contributed by atoms with E-state index in [1.165, 1.54) is 6.07 Å². The number of carbonyl (C=O) groups excluding carboxylic acids is 1. The Kier molecular flexibility index (Phi) is 3.93. The van der Waals surface area contributed by atoms with Crippen LogP contribution < -0.4 is 5.32 Å². The first kappa shape index (κ1) is 14.4. The highest BCUT2D eigenvalue weighted by Gasteiger charge is 2.48. The van der Waals surface area contributed by atoms with Gasteiger partial charge in [-0.1, -0.05) is 12.1 Å². The Morgan fingerprint density at radius 2 is 2.24 bits per heavy atom. The summed E-state index contributed by atoms with van der Waals surface area (Å²) < 4.78 is 27.0. The maximum atomic E-state index is 13.8. The molecule has 3 atom stereocenters. The first-order valence-corrected chi connectivity index (χ1v) is 7.49. The van der Waals surface area contributed by atoms with Gasteiger partial charge in [-0.05, 0) is 49.9 Å². The van der Waals surface area contributed by atoms with Gasteiger partial charge in [0.15, 0.2) is 11.6 Å². The lowest BCUT2D eigenvalue weighted by molar-refractivity contribution is -0.131. The molecule has 5 heteroatoms. The third kappa shape index (κ3) is 2.79. The molecule has 1 heterocycles. The molecule has 1 saturated carbocycles. The fourth-order valence-electron chi connectivity index (χ4n) is 3.34. The molecule has 1 amide bonds. The summed E-state index contributed by atoms with van der Waals surface area (Å²) >= 11 is 0. The Morgan fingerprint density at radius 1 is 1.43 bits per heavy atom. The highest BCUT2D eigenvalue weighted by molar-refractivity contribution is 5.83. The first-order chi connectivity index (χ1) is 10.1. The highest BCUT2D eigenvalue weighted by atomic mass is 19.2. The van der Waals surface area contributed by atoms with Crippen LogP contribution >= 0.6 is 0 Å². The third-order valence-corrected chi connectivity index (χ3v) is 4.58. The normalized spacial score (nSPS) is 28.0. The molecular weight excluding hydrogens is 274 g/mol. The van der Waals surface area contributed by atoms with Gasteiger partial charge >= 0.3 is 0 Å². The van der Waals surface area contributed by atoms with Crippen molar-refractivity contribution in [3.63, 3.8) is 0 Å². The number of amides is 1. The molecule has 0 bridgehead atoms. The lowest BCUT2D eigenvalue weighted by atomic mass is 10.1. The standard InChI is InChI=1S/C16H20F2N2O/c1-19-8-10-5-6-20(9-10)16(21)13-7-12(13)11-3-2-4-14(17)15(11)18/h2-4,10,12-13,19H,5-9H2,1H3/t10-,12-,13-/m0/s1. The van der Waals surface area contributed by atoms with Gasteiger partial charge in [0.2, 0.25) is 5.91 Å². The molecular formula is C16H20F2N2O. The van der Waals surface area contributed by atoms with E-state index < -0.39 is 11.6 Å². The van der Waals surface area contributed by atoms with Crippen LogP contribution in [0.3, 0.4) is 0 Å². The minimum absolute atomic E-state index is 0.0993. The highest BCUT2D eigenvalue weighted by Crippen LogP contribution is 2.49. The number of carbonyl (C=O) groups is 1. The number of hydrogen-bond acceptors (Lipinski definition) is 2. The predicted octanol–water partition coefficient (Wildman–Crippen LogP) is 2.14. The molecule has 1 aliphatic carbocycles. The predicted molar refractivity (Wildman–Crippen MR) is 75.8 cm³/mol. The Hall–Kier alpha value is -1.49. The minimum Gasteiger partial charge on any atom is -0.342 e. The van der Waals surface area contributed by atoms with Gasteiger partial charge in [-0.15, -0.1) is 0 Å². The number of benzene rings is 1. The number of likely N-dealkylation sites (tertiary alicyclic amines) is 1. The average Bonchev–Trinajstić information content (AvgIpc) is 3.12. The topological polar surface area (TPSA) is 32.3 Å². The molecule has 3 rings (SSSR count). The van der Waals surface area contributed by atoms with Gasteiger partial charge in [-0.2, -0.15) is 0 Å². The van der Waals surface area contributed by atoms with E-state index >= 15 is 0 Å². The molecule has 3 nitrogen and oxygen atoms in total.